The Bertz CT molecular complexity index is 667. The average molecular weight is 282 g/mol. The van der Waals surface area contributed by atoms with Crippen molar-refractivity contribution in [2.45, 2.75) is 19.3 Å². The summed E-state index contributed by atoms with van der Waals surface area (Å²) < 4.78 is 1.25. The summed E-state index contributed by atoms with van der Waals surface area (Å²) in [6.07, 6.45) is 0.916. The molecule has 0 spiro atoms. The number of rotatable bonds is 4. The molecule has 2 aromatic carbocycles. The minimum Gasteiger partial charge on any atom is -0.330 e. The Morgan fingerprint density at radius 1 is 1.10 bits per heavy atom. The first kappa shape index (κ1) is 13.3. The van der Waals surface area contributed by atoms with Gasteiger partial charge in [-0.3, -0.25) is 0 Å². The monoisotopic (exact) mass is 282 g/mol. The van der Waals surface area contributed by atoms with Crippen molar-refractivity contribution in [2.24, 2.45) is 5.73 Å². The van der Waals surface area contributed by atoms with E-state index in [0.29, 0.717) is 12.5 Å². The van der Waals surface area contributed by atoms with E-state index in [0.717, 1.165) is 11.9 Å². The fraction of sp³-hybridized carbons (Fsp3) is 0.235. The van der Waals surface area contributed by atoms with Gasteiger partial charge in [-0.05, 0) is 31.2 Å². The second-order valence-corrected chi connectivity index (χ2v) is 6.24. The predicted octanol–water partition coefficient (Wildman–Crippen LogP) is 3.89. The minimum absolute atomic E-state index is 0.344. The second kappa shape index (κ2) is 5.73. The number of hydrogen-bond donors (Lipinski definition) is 1. The molecule has 0 saturated heterocycles. The van der Waals surface area contributed by atoms with Crippen molar-refractivity contribution in [3.63, 3.8) is 0 Å². The van der Waals surface area contributed by atoms with Gasteiger partial charge in [-0.15, -0.1) is 11.3 Å². The van der Waals surface area contributed by atoms with E-state index in [1.807, 2.05) is 6.07 Å². The normalized spacial score (nSPS) is 12.7. The van der Waals surface area contributed by atoms with E-state index >= 15 is 0 Å². The summed E-state index contributed by atoms with van der Waals surface area (Å²) in [4.78, 5) is 4.71. The number of fused-ring (bicyclic) bond motifs is 1. The van der Waals surface area contributed by atoms with Crippen LogP contribution in [0.5, 0.6) is 0 Å². The third kappa shape index (κ3) is 2.74. The third-order valence-corrected chi connectivity index (χ3v) is 4.65. The molecule has 0 fully saturated rings. The van der Waals surface area contributed by atoms with Crippen molar-refractivity contribution in [3.8, 4) is 0 Å². The first-order valence-electron chi connectivity index (χ1n) is 6.87. The second-order valence-electron chi connectivity index (χ2n) is 5.12. The highest BCUT2D eigenvalue weighted by molar-refractivity contribution is 7.18. The van der Waals surface area contributed by atoms with Crippen molar-refractivity contribution < 1.29 is 0 Å². The van der Waals surface area contributed by atoms with Crippen molar-refractivity contribution in [1.82, 2.24) is 4.98 Å². The number of aryl methyl sites for hydroxylation is 1. The number of para-hydroxylation sites is 1. The molecule has 20 heavy (non-hydrogen) atoms. The van der Waals surface area contributed by atoms with E-state index < -0.39 is 0 Å². The molecule has 0 aliphatic carbocycles. The smallest absolute Gasteiger partial charge is 0.0945 e. The first-order valence-corrected chi connectivity index (χ1v) is 7.69. The number of aromatic nitrogens is 1. The van der Waals surface area contributed by atoms with Crippen molar-refractivity contribution in [3.05, 3.63) is 64.7 Å². The summed E-state index contributed by atoms with van der Waals surface area (Å²) >= 11 is 1.77. The van der Waals surface area contributed by atoms with Crippen molar-refractivity contribution >= 4 is 21.6 Å². The van der Waals surface area contributed by atoms with E-state index in [2.05, 4.69) is 49.4 Å². The zero-order chi connectivity index (χ0) is 13.9. The molecule has 0 saturated carbocycles. The summed E-state index contributed by atoms with van der Waals surface area (Å²) in [5, 5.41) is 1.17. The molecule has 0 aliphatic rings. The van der Waals surface area contributed by atoms with Gasteiger partial charge in [0.15, 0.2) is 0 Å². The van der Waals surface area contributed by atoms with Crippen LogP contribution in [0.3, 0.4) is 0 Å². The molecule has 2 nitrogen and oxygen atoms in total. The van der Waals surface area contributed by atoms with Crippen LogP contribution in [0.15, 0.2) is 48.5 Å². The summed E-state index contributed by atoms with van der Waals surface area (Å²) in [5.74, 6) is 0.344. The highest BCUT2D eigenvalue weighted by atomic mass is 32.1. The fourth-order valence-corrected chi connectivity index (χ4v) is 3.44. The third-order valence-electron chi connectivity index (χ3n) is 3.59. The highest BCUT2D eigenvalue weighted by Crippen LogP contribution is 2.27. The largest absolute Gasteiger partial charge is 0.330 e. The van der Waals surface area contributed by atoms with Gasteiger partial charge in [-0.25, -0.2) is 4.98 Å². The molecule has 1 heterocycles. The van der Waals surface area contributed by atoms with Crippen LogP contribution in [0.25, 0.3) is 10.2 Å². The Kier molecular flexibility index (Phi) is 3.81. The van der Waals surface area contributed by atoms with Crippen LogP contribution < -0.4 is 5.73 Å². The van der Waals surface area contributed by atoms with Crippen LogP contribution in [0, 0.1) is 6.92 Å². The van der Waals surface area contributed by atoms with Crippen LogP contribution in [0.1, 0.15) is 22.1 Å². The Hall–Kier alpha value is -1.71. The van der Waals surface area contributed by atoms with Crippen LogP contribution >= 0.6 is 11.3 Å². The van der Waals surface area contributed by atoms with Gasteiger partial charge < -0.3 is 5.73 Å². The molecule has 0 bridgehead atoms. The maximum absolute atomic E-state index is 5.96. The highest BCUT2D eigenvalue weighted by Gasteiger charge is 2.13. The molecular formula is C17H18N2S. The molecule has 3 aromatic rings. The van der Waals surface area contributed by atoms with Crippen molar-refractivity contribution in [1.29, 1.82) is 0 Å². The molecule has 1 atom stereocenters. The van der Waals surface area contributed by atoms with Gasteiger partial charge in [0, 0.05) is 12.3 Å². The van der Waals surface area contributed by atoms with Crippen LogP contribution in [0.4, 0.5) is 0 Å². The molecule has 0 amide bonds. The summed E-state index contributed by atoms with van der Waals surface area (Å²) in [7, 11) is 0. The van der Waals surface area contributed by atoms with Gasteiger partial charge in [-0.2, -0.15) is 0 Å². The van der Waals surface area contributed by atoms with Crippen LogP contribution in [0.2, 0.25) is 0 Å². The van der Waals surface area contributed by atoms with Gasteiger partial charge in [0.05, 0.1) is 15.2 Å². The molecule has 102 valence electrons. The molecular weight excluding hydrogens is 264 g/mol. The van der Waals surface area contributed by atoms with Gasteiger partial charge in [-0.1, -0.05) is 42.0 Å². The van der Waals surface area contributed by atoms with Crippen molar-refractivity contribution in [2.75, 3.05) is 6.54 Å². The minimum atomic E-state index is 0.344. The molecule has 3 heteroatoms. The number of hydrogen-bond acceptors (Lipinski definition) is 3. The molecule has 1 aromatic heterocycles. The average Bonchev–Trinajstić information content (AvgIpc) is 2.88. The van der Waals surface area contributed by atoms with Crippen LogP contribution in [-0.4, -0.2) is 11.5 Å². The molecule has 0 radical (unpaired) electrons. The van der Waals surface area contributed by atoms with Gasteiger partial charge in [0.2, 0.25) is 0 Å². The summed E-state index contributed by atoms with van der Waals surface area (Å²) in [5.41, 5.74) is 9.64. The standard InChI is InChI=1S/C17H18N2S/c1-12-6-8-13(9-7-12)14(11-18)10-17-19-15-4-2-3-5-16(15)20-17/h2-9,14H,10-11,18H2,1H3. The lowest BCUT2D eigenvalue weighted by atomic mass is 9.95. The zero-order valence-corrected chi connectivity index (χ0v) is 12.4. The number of thiazole rings is 1. The SMILES string of the molecule is Cc1ccc(C(CN)Cc2nc3ccccc3s2)cc1. The zero-order valence-electron chi connectivity index (χ0n) is 11.5. The fourth-order valence-electron chi connectivity index (χ4n) is 2.39. The Balaban J connectivity index is 1.85. The quantitative estimate of drug-likeness (QED) is 0.788. The van der Waals surface area contributed by atoms with E-state index in [9.17, 15) is 0 Å². The van der Waals surface area contributed by atoms with E-state index in [4.69, 9.17) is 10.7 Å². The topological polar surface area (TPSA) is 38.9 Å². The Morgan fingerprint density at radius 2 is 1.85 bits per heavy atom. The number of nitrogens with two attached hydrogens (primary N) is 1. The predicted molar refractivity (Wildman–Crippen MR) is 86.3 cm³/mol. The lowest BCUT2D eigenvalue weighted by Crippen LogP contribution is -2.14. The molecule has 0 aliphatic heterocycles. The van der Waals surface area contributed by atoms with E-state index in [-0.39, 0.29) is 0 Å². The summed E-state index contributed by atoms with van der Waals surface area (Å²) in [6, 6.07) is 16.9. The van der Waals surface area contributed by atoms with Gasteiger partial charge in [0.1, 0.15) is 0 Å². The Labute approximate surface area is 123 Å². The van der Waals surface area contributed by atoms with Gasteiger partial charge >= 0.3 is 0 Å². The number of benzene rings is 2. The molecule has 1 unspecified atom stereocenters. The lowest BCUT2D eigenvalue weighted by Gasteiger charge is -2.13. The Morgan fingerprint density at radius 3 is 2.55 bits per heavy atom. The van der Waals surface area contributed by atoms with Gasteiger partial charge in [0.25, 0.3) is 0 Å². The lowest BCUT2D eigenvalue weighted by molar-refractivity contribution is 0.692. The van der Waals surface area contributed by atoms with E-state index in [1.54, 1.807) is 11.3 Å². The first-order chi connectivity index (χ1) is 9.76. The number of nitrogens with zero attached hydrogens (tertiary/aromatic N) is 1. The maximum Gasteiger partial charge on any atom is 0.0945 e. The van der Waals surface area contributed by atoms with Crippen LogP contribution in [-0.2, 0) is 6.42 Å². The molecule has 3 rings (SSSR count). The molecule has 2 N–H and O–H groups in total. The summed E-state index contributed by atoms with van der Waals surface area (Å²) in [6.45, 7) is 2.76. The van der Waals surface area contributed by atoms with E-state index in [1.165, 1.54) is 20.8 Å². The maximum atomic E-state index is 5.96.